The molecule has 82 valence electrons. The van der Waals surface area contributed by atoms with E-state index in [-0.39, 0.29) is 0 Å². The van der Waals surface area contributed by atoms with Crippen LogP contribution in [-0.4, -0.2) is 15.0 Å². The molecule has 0 saturated carbocycles. The summed E-state index contributed by atoms with van der Waals surface area (Å²) in [6, 6.07) is 1.59. The van der Waals surface area contributed by atoms with E-state index in [4.69, 9.17) is 28.9 Å². The Kier molecular flexibility index (Phi) is 3.46. The van der Waals surface area contributed by atoms with Crippen molar-refractivity contribution < 1.29 is 0 Å². The molecule has 2 heterocycles. The lowest BCUT2D eigenvalue weighted by Crippen LogP contribution is -1.99. The average molecular weight is 367 g/mol. The van der Waals surface area contributed by atoms with Gasteiger partial charge in [0.25, 0.3) is 0 Å². The lowest BCUT2D eigenvalue weighted by molar-refractivity contribution is 1.13. The molecule has 0 amide bonds. The zero-order valence-corrected chi connectivity index (χ0v) is 11.5. The molecule has 2 N–H and O–H groups in total. The van der Waals surface area contributed by atoms with Crippen LogP contribution < -0.4 is 5.73 Å². The van der Waals surface area contributed by atoms with Gasteiger partial charge in [-0.1, -0.05) is 23.2 Å². The lowest BCUT2D eigenvalue weighted by Gasteiger charge is -2.03. The van der Waals surface area contributed by atoms with Crippen LogP contribution >= 0.6 is 45.8 Å². The van der Waals surface area contributed by atoms with Gasteiger partial charge < -0.3 is 5.73 Å². The van der Waals surface area contributed by atoms with E-state index in [1.807, 2.05) is 22.6 Å². The molecule has 0 aliphatic carbocycles. The van der Waals surface area contributed by atoms with Crippen molar-refractivity contribution in [1.82, 2.24) is 15.0 Å². The molecule has 0 radical (unpaired) electrons. The van der Waals surface area contributed by atoms with Crippen molar-refractivity contribution in [3.8, 4) is 11.5 Å². The summed E-state index contributed by atoms with van der Waals surface area (Å²) in [7, 11) is 0. The largest absolute Gasteiger partial charge is 0.383 e. The standard InChI is InChI=1S/C9H5Cl2IN4/c10-4-1-5(11)7(14-2-4)9-15-3-6(12)8(13)16-9/h1-3H,(H2,13,15,16). The SMILES string of the molecule is Nc1nc(-c2ncc(Cl)cc2Cl)ncc1I. The van der Waals surface area contributed by atoms with Gasteiger partial charge in [0.05, 0.1) is 13.6 Å². The molecule has 16 heavy (non-hydrogen) atoms. The molecule has 7 heteroatoms. The third-order valence-corrected chi connectivity index (χ3v) is 3.12. The Balaban J connectivity index is 2.54. The lowest BCUT2D eigenvalue weighted by atomic mass is 10.3. The molecular formula is C9H5Cl2IN4. The van der Waals surface area contributed by atoms with Gasteiger partial charge in [-0.15, -0.1) is 0 Å². The maximum Gasteiger partial charge on any atom is 0.181 e. The number of halogens is 3. The first-order valence-electron chi connectivity index (χ1n) is 4.17. The number of pyridine rings is 1. The first-order chi connectivity index (χ1) is 7.58. The number of anilines is 1. The van der Waals surface area contributed by atoms with Gasteiger partial charge in [0.15, 0.2) is 5.82 Å². The van der Waals surface area contributed by atoms with E-state index in [9.17, 15) is 0 Å². The number of nitrogens with zero attached hydrogens (tertiary/aromatic N) is 3. The summed E-state index contributed by atoms with van der Waals surface area (Å²) in [6.07, 6.45) is 3.10. The van der Waals surface area contributed by atoms with Crippen molar-refractivity contribution in [2.24, 2.45) is 0 Å². The van der Waals surface area contributed by atoms with Crippen molar-refractivity contribution in [3.05, 3.63) is 32.1 Å². The smallest absolute Gasteiger partial charge is 0.181 e. The number of aromatic nitrogens is 3. The Morgan fingerprint density at radius 2 is 1.94 bits per heavy atom. The van der Waals surface area contributed by atoms with Crippen LogP contribution in [0.1, 0.15) is 0 Å². The minimum atomic E-state index is 0.389. The van der Waals surface area contributed by atoms with Crippen LogP contribution in [-0.2, 0) is 0 Å². The second-order valence-corrected chi connectivity index (χ2v) is 4.92. The number of nitrogen functional groups attached to an aromatic ring is 1. The Bertz CT molecular complexity index is 547. The molecule has 0 aliphatic heterocycles. The molecule has 0 saturated heterocycles. The Labute approximate surface area is 115 Å². The Hall–Kier alpha value is -0.660. The van der Waals surface area contributed by atoms with Gasteiger partial charge in [0.2, 0.25) is 0 Å². The normalized spacial score (nSPS) is 10.4. The van der Waals surface area contributed by atoms with E-state index in [0.29, 0.717) is 27.4 Å². The fourth-order valence-electron chi connectivity index (χ4n) is 1.07. The van der Waals surface area contributed by atoms with Crippen LogP contribution in [0.25, 0.3) is 11.5 Å². The van der Waals surface area contributed by atoms with Crippen molar-refractivity contribution in [2.45, 2.75) is 0 Å². The van der Waals surface area contributed by atoms with Gasteiger partial charge in [-0.25, -0.2) is 15.0 Å². The molecule has 2 rings (SSSR count). The van der Waals surface area contributed by atoms with Gasteiger partial charge in [-0.2, -0.15) is 0 Å². The molecule has 0 spiro atoms. The van der Waals surface area contributed by atoms with Crippen LogP contribution in [0.2, 0.25) is 10.0 Å². The van der Waals surface area contributed by atoms with E-state index in [0.717, 1.165) is 3.57 Å². The van der Waals surface area contributed by atoms with Gasteiger partial charge >= 0.3 is 0 Å². The highest BCUT2D eigenvalue weighted by molar-refractivity contribution is 14.1. The number of rotatable bonds is 1. The Morgan fingerprint density at radius 1 is 1.19 bits per heavy atom. The fourth-order valence-corrected chi connectivity index (χ4v) is 1.80. The molecule has 0 aliphatic rings. The Morgan fingerprint density at radius 3 is 2.56 bits per heavy atom. The summed E-state index contributed by atoms with van der Waals surface area (Å²) in [6.45, 7) is 0. The van der Waals surface area contributed by atoms with Crippen LogP contribution in [0.4, 0.5) is 5.82 Å². The van der Waals surface area contributed by atoms with Crippen molar-refractivity contribution in [2.75, 3.05) is 5.73 Å². The molecule has 0 aromatic carbocycles. The molecule has 2 aromatic heterocycles. The van der Waals surface area contributed by atoms with Crippen LogP contribution in [0.5, 0.6) is 0 Å². The molecule has 2 aromatic rings. The van der Waals surface area contributed by atoms with Gasteiger partial charge in [0, 0.05) is 12.4 Å². The molecule has 0 bridgehead atoms. The molecule has 0 fully saturated rings. The maximum absolute atomic E-state index is 5.99. The summed E-state index contributed by atoms with van der Waals surface area (Å²) >= 11 is 13.8. The fraction of sp³-hybridized carbons (Fsp3) is 0. The third-order valence-electron chi connectivity index (χ3n) is 1.79. The summed E-state index contributed by atoms with van der Waals surface area (Å²) in [5.74, 6) is 0.790. The monoisotopic (exact) mass is 366 g/mol. The van der Waals surface area contributed by atoms with Crippen molar-refractivity contribution >= 4 is 51.6 Å². The highest BCUT2D eigenvalue weighted by Crippen LogP contribution is 2.26. The second-order valence-electron chi connectivity index (χ2n) is 2.91. The molecule has 0 unspecified atom stereocenters. The van der Waals surface area contributed by atoms with Crippen molar-refractivity contribution in [3.63, 3.8) is 0 Å². The predicted molar refractivity (Wildman–Crippen MR) is 72.4 cm³/mol. The first-order valence-corrected chi connectivity index (χ1v) is 6.01. The highest BCUT2D eigenvalue weighted by atomic mass is 127. The molecule has 0 atom stereocenters. The van der Waals surface area contributed by atoms with Gasteiger partial charge in [0.1, 0.15) is 11.5 Å². The zero-order valence-electron chi connectivity index (χ0n) is 7.78. The van der Waals surface area contributed by atoms with E-state index in [1.54, 1.807) is 12.3 Å². The quantitative estimate of drug-likeness (QED) is 0.788. The molecule has 4 nitrogen and oxygen atoms in total. The van der Waals surface area contributed by atoms with Crippen LogP contribution in [0.3, 0.4) is 0 Å². The van der Waals surface area contributed by atoms with E-state index >= 15 is 0 Å². The number of hydrogen-bond acceptors (Lipinski definition) is 4. The van der Waals surface area contributed by atoms with Crippen LogP contribution in [0, 0.1) is 3.57 Å². The predicted octanol–water partition coefficient (Wildman–Crippen LogP) is 3.03. The average Bonchev–Trinajstić information content (AvgIpc) is 2.22. The summed E-state index contributed by atoms with van der Waals surface area (Å²) in [5, 5.41) is 0.861. The van der Waals surface area contributed by atoms with Crippen LogP contribution in [0.15, 0.2) is 18.5 Å². The maximum atomic E-state index is 5.99. The highest BCUT2D eigenvalue weighted by Gasteiger charge is 2.10. The first kappa shape index (κ1) is 11.8. The van der Waals surface area contributed by atoms with Gasteiger partial charge in [-0.05, 0) is 28.7 Å². The zero-order chi connectivity index (χ0) is 11.7. The van der Waals surface area contributed by atoms with E-state index < -0.39 is 0 Å². The van der Waals surface area contributed by atoms with E-state index in [2.05, 4.69) is 15.0 Å². The molecular weight excluding hydrogens is 362 g/mol. The van der Waals surface area contributed by atoms with Crippen molar-refractivity contribution in [1.29, 1.82) is 0 Å². The number of hydrogen-bond donors (Lipinski definition) is 1. The summed E-state index contributed by atoms with van der Waals surface area (Å²) in [5.41, 5.74) is 6.15. The third kappa shape index (κ3) is 2.36. The minimum absolute atomic E-state index is 0.389. The second kappa shape index (κ2) is 4.68. The summed E-state index contributed by atoms with van der Waals surface area (Å²) in [4.78, 5) is 12.3. The van der Waals surface area contributed by atoms with Gasteiger partial charge in [-0.3, -0.25) is 0 Å². The summed E-state index contributed by atoms with van der Waals surface area (Å²) < 4.78 is 0.784. The number of nitrogens with two attached hydrogens (primary N) is 1. The minimum Gasteiger partial charge on any atom is -0.383 e. The van der Waals surface area contributed by atoms with E-state index in [1.165, 1.54) is 6.20 Å². The topological polar surface area (TPSA) is 64.7 Å².